The summed E-state index contributed by atoms with van der Waals surface area (Å²) < 4.78 is 10.6. The third-order valence-corrected chi connectivity index (χ3v) is 6.39. The minimum Gasteiger partial charge on any atom is -0.493 e. The summed E-state index contributed by atoms with van der Waals surface area (Å²) in [4.78, 5) is 40.0. The van der Waals surface area contributed by atoms with Crippen LogP contribution in [0.25, 0.3) is 0 Å². The lowest BCUT2D eigenvalue weighted by Crippen LogP contribution is -2.51. The van der Waals surface area contributed by atoms with Crippen molar-refractivity contribution in [3.05, 3.63) is 41.9 Å². The Labute approximate surface area is 194 Å². The van der Waals surface area contributed by atoms with Gasteiger partial charge >= 0.3 is 0 Å². The number of rotatable bonds is 7. The van der Waals surface area contributed by atoms with E-state index in [0.717, 1.165) is 30.2 Å². The summed E-state index contributed by atoms with van der Waals surface area (Å²) in [5.41, 5.74) is 1.99. The van der Waals surface area contributed by atoms with Crippen molar-refractivity contribution in [1.29, 1.82) is 0 Å². The maximum Gasteiger partial charge on any atom is 0.228 e. The molecule has 2 saturated heterocycles. The van der Waals surface area contributed by atoms with Crippen molar-refractivity contribution in [3.63, 3.8) is 0 Å². The number of aromatic nitrogens is 2. The molecule has 0 saturated carbocycles. The van der Waals surface area contributed by atoms with Crippen LogP contribution in [0.15, 0.2) is 30.6 Å². The lowest BCUT2D eigenvalue weighted by Gasteiger charge is -2.36. The van der Waals surface area contributed by atoms with Gasteiger partial charge in [0.05, 0.1) is 20.1 Å². The number of methoxy groups -OCH3 is 2. The molecule has 0 radical (unpaired) electrons. The number of piperazine rings is 1. The number of carbonyl (C=O) groups excluding carboxylic acids is 2. The Balaban J connectivity index is 1.29. The van der Waals surface area contributed by atoms with E-state index in [2.05, 4.69) is 14.9 Å². The molecule has 0 aliphatic carbocycles. The van der Waals surface area contributed by atoms with Crippen LogP contribution in [0, 0.1) is 12.8 Å². The summed E-state index contributed by atoms with van der Waals surface area (Å²) in [6.45, 7) is 5.74. The fourth-order valence-electron chi connectivity index (χ4n) is 4.48. The average molecular weight is 454 g/mol. The summed E-state index contributed by atoms with van der Waals surface area (Å²) in [6, 6.07) is 7.74. The lowest BCUT2D eigenvalue weighted by molar-refractivity contribution is -0.136. The van der Waals surface area contributed by atoms with Crippen molar-refractivity contribution < 1.29 is 19.1 Å². The number of likely N-dealkylation sites (tertiary alicyclic amines) is 1. The van der Waals surface area contributed by atoms with E-state index >= 15 is 0 Å². The fraction of sp³-hybridized carbons (Fsp3) is 0.500. The molecule has 2 amide bonds. The molecule has 0 N–H and O–H groups in total. The SMILES string of the molecule is COc1ccc(CCN2CC(C(=O)N3CCN(c4cc(C)ncn4)CC3)CC2=O)cc1OC. The molecule has 4 rings (SSSR count). The highest BCUT2D eigenvalue weighted by Gasteiger charge is 2.37. The van der Waals surface area contributed by atoms with Gasteiger partial charge in [0.1, 0.15) is 12.1 Å². The summed E-state index contributed by atoms with van der Waals surface area (Å²) >= 11 is 0. The smallest absolute Gasteiger partial charge is 0.228 e. The fourth-order valence-corrected chi connectivity index (χ4v) is 4.48. The van der Waals surface area contributed by atoms with Gasteiger partial charge in [-0.1, -0.05) is 6.07 Å². The van der Waals surface area contributed by atoms with Crippen LogP contribution in [0.3, 0.4) is 0 Å². The van der Waals surface area contributed by atoms with Crippen molar-refractivity contribution in [2.24, 2.45) is 5.92 Å². The molecule has 2 aliphatic rings. The molecule has 33 heavy (non-hydrogen) atoms. The van der Waals surface area contributed by atoms with Crippen LogP contribution in [-0.2, 0) is 16.0 Å². The predicted molar refractivity (Wildman–Crippen MR) is 123 cm³/mol. The highest BCUT2D eigenvalue weighted by atomic mass is 16.5. The number of benzene rings is 1. The largest absolute Gasteiger partial charge is 0.493 e. The zero-order valence-electron chi connectivity index (χ0n) is 19.5. The maximum atomic E-state index is 13.1. The minimum atomic E-state index is -0.268. The van der Waals surface area contributed by atoms with E-state index < -0.39 is 0 Å². The Morgan fingerprint density at radius 1 is 1.06 bits per heavy atom. The van der Waals surface area contributed by atoms with E-state index in [1.165, 1.54) is 0 Å². The van der Waals surface area contributed by atoms with Crippen LogP contribution >= 0.6 is 0 Å². The van der Waals surface area contributed by atoms with Gasteiger partial charge in [0.2, 0.25) is 11.8 Å². The number of hydrogen-bond acceptors (Lipinski definition) is 7. The molecule has 2 aliphatic heterocycles. The Bertz CT molecular complexity index is 1010. The Morgan fingerprint density at radius 3 is 2.52 bits per heavy atom. The zero-order valence-corrected chi connectivity index (χ0v) is 19.5. The second-order valence-electron chi connectivity index (χ2n) is 8.51. The zero-order chi connectivity index (χ0) is 23.4. The first-order valence-corrected chi connectivity index (χ1v) is 11.3. The summed E-state index contributed by atoms with van der Waals surface area (Å²) in [6.07, 6.45) is 2.56. The number of ether oxygens (including phenoxy) is 2. The van der Waals surface area contributed by atoms with Crippen molar-refractivity contribution in [2.75, 3.05) is 58.4 Å². The molecule has 1 unspecified atom stereocenters. The van der Waals surface area contributed by atoms with Crippen LogP contribution in [-0.4, -0.2) is 85.1 Å². The van der Waals surface area contributed by atoms with Crippen molar-refractivity contribution in [2.45, 2.75) is 19.8 Å². The van der Waals surface area contributed by atoms with E-state index in [1.54, 1.807) is 25.4 Å². The molecule has 176 valence electrons. The number of hydrogen-bond donors (Lipinski definition) is 0. The second-order valence-corrected chi connectivity index (χ2v) is 8.51. The lowest BCUT2D eigenvalue weighted by atomic mass is 10.1. The van der Waals surface area contributed by atoms with Crippen molar-refractivity contribution in [3.8, 4) is 11.5 Å². The minimum absolute atomic E-state index is 0.0453. The normalized spacial score (nSPS) is 18.6. The monoisotopic (exact) mass is 453 g/mol. The molecule has 1 atom stereocenters. The topological polar surface area (TPSA) is 88.1 Å². The maximum absolute atomic E-state index is 13.1. The number of anilines is 1. The molecule has 2 fully saturated rings. The van der Waals surface area contributed by atoms with E-state index in [0.29, 0.717) is 44.1 Å². The Hall–Kier alpha value is -3.36. The van der Waals surface area contributed by atoms with E-state index in [1.807, 2.05) is 36.1 Å². The first-order chi connectivity index (χ1) is 16.0. The van der Waals surface area contributed by atoms with Crippen LogP contribution in [0.1, 0.15) is 17.7 Å². The van der Waals surface area contributed by atoms with Crippen molar-refractivity contribution >= 4 is 17.6 Å². The third-order valence-electron chi connectivity index (χ3n) is 6.39. The molecule has 9 heteroatoms. The van der Waals surface area contributed by atoms with Gasteiger partial charge < -0.3 is 24.2 Å². The molecule has 3 heterocycles. The third kappa shape index (κ3) is 5.18. The summed E-state index contributed by atoms with van der Waals surface area (Å²) in [5.74, 6) is 2.10. The second kappa shape index (κ2) is 10.1. The van der Waals surface area contributed by atoms with Gasteiger partial charge in [-0.05, 0) is 31.0 Å². The number of nitrogens with zero attached hydrogens (tertiary/aromatic N) is 5. The highest BCUT2D eigenvalue weighted by Crippen LogP contribution is 2.28. The first-order valence-electron chi connectivity index (χ1n) is 11.3. The van der Waals surface area contributed by atoms with Crippen LogP contribution in [0.5, 0.6) is 11.5 Å². The quantitative estimate of drug-likeness (QED) is 0.628. The van der Waals surface area contributed by atoms with E-state index in [9.17, 15) is 9.59 Å². The molecular weight excluding hydrogens is 422 g/mol. The van der Waals surface area contributed by atoms with Crippen molar-refractivity contribution in [1.82, 2.24) is 19.8 Å². The first kappa shape index (κ1) is 22.8. The van der Waals surface area contributed by atoms with Gasteiger partial charge in [-0.3, -0.25) is 9.59 Å². The predicted octanol–water partition coefficient (Wildman–Crippen LogP) is 1.54. The van der Waals surface area contributed by atoms with Gasteiger partial charge in [-0.15, -0.1) is 0 Å². The summed E-state index contributed by atoms with van der Waals surface area (Å²) in [7, 11) is 3.21. The highest BCUT2D eigenvalue weighted by molar-refractivity contribution is 5.89. The van der Waals surface area contributed by atoms with Gasteiger partial charge in [0, 0.05) is 57.4 Å². The Morgan fingerprint density at radius 2 is 1.82 bits per heavy atom. The molecule has 1 aromatic carbocycles. The van der Waals surface area contributed by atoms with E-state index in [-0.39, 0.29) is 24.2 Å². The molecule has 2 aromatic rings. The average Bonchev–Trinajstić information content (AvgIpc) is 3.22. The number of carbonyl (C=O) groups is 2. The van der Waals surface area contributed by atoms with Crippen LogP contribution in [0.2, 0.25) is 0 Å². The molecule has 1 aromatic heterocycles. The number of amides is 2. The Kier molecular flexibility index (Phi) is 6.96. The van der Waals surface area contributed by atoms with Crippen LogP contribution in [0.4, 0.5) is 5.82 Å². The molecule has 9 nitrogen and oxygen atoms in total. The van der Waals surface area contributed by atoms with Gasteiger partial charge in [-0.2, -0.15) is 0 Å². The molecular formula is C24H31N5O4. The number of aryl methyl sites for hydroxylation is 1. The molecule has 0 spiro atoms. The van der Waals surface area contributed by atoms with Crippen LogP contribution < -0.4 is 14.4 Å². The van der Waals surface area contributed by atoms with Gasteiger partial charge in [0.25, 0.3) is 0 Å². The standard InChI is InChI=1S/C24H31N5O4/c1-17-12-22(26-16-25-17)27-8-10-28(11-9-27)24(31)19-14-23(30)29(15-19)7-6-18-4-5-20(32-2)21(13-18)33-3/h4-5,12-13,16,19H,6-11,14-15H2,1-3H3. The van der Waals surface area contributed by atoms with Gasteiger partial charge in [0.15, 0.2) is 11.5 Å². The summed E-state index contributed by atoms with van der Waals surface area (Å²) in [5, 5.41) is 0. The molecule has 0 bridgehead atoms. The van der Waals surface area contributed by atoms with Gasteiger partial charge in [-0.25, -0.2) is 9.97 Å². The van der Waals surface area contributed by atoms with E-state index in [4.69, 9.17) is 9.47 Å².